The molecular formula is C24H19NO15. The Labute approximate surface area is 220 Å². The molecule has 0 fully saturated rings. The van der Waals surface area contributed by atoms with Crippen LogP contribution in [0.5, 0.6) is 86.2 Å². The largest absolute Gasteiger partial charge is 0.504 e. The van der Waals surface area contributed by atoms with E-state index in [2.05, 4.69) is 5.32 Å². The maximum Gasteiger partial charge on any atom is 0.208 e. The van der Waals surface area contributed by atoms with Crippen LogP contribution in [-0.4, -0.2) is 76.6 Å². The van der Waals surface area contributed by atoms with Gasteiger partial charge in [-0.05, 0) is 29.3 Å². The fraction of sp³-hybridized carbons (Fsp3) is 0. The molecule has 0 aromatic heterocycles. The molecule has 16 nitrogen and oxygen atoms in total. The summed E-state index contributed by atoms with van der Waals surface area (Å²) in [6, 6.07) is 2.84. The van der Waals surface area contributed by atoms with Crippen LogP contribution in [0.4, 0.5) is 11.4 Å². The lowest BCUT2D eigenvalue weighted by atomic mass is 9.94. The molecule has 0 bridgehead atoms. The SMILES string of the molecule is Oc1c(O)c(O)c(Nc2cc(-c3c(O)c(O)c(O)c(O)c3O)cc(-c3c(O)c(O)c(O)c(O)c3O)c2)c(O)c1O. The van der Waals surface area contributed by atoms with Crippen molar-refractivity contribution in [3.8, 4) is 108 Å². The third-order valence-electron chi connectivity index (χ3n) is 5.89. The van der Waals surface area contributed by atoms with E-state index in [4.69, 9.17) is 0 Å². The summed E-state index contributed by atoms with van der Waals surface area (Å²) in [6.07, 6.45) is 0. The molecule has 0 atom stereocenters. The molecule has 40 heavy (non-hydrogen) atoms. The van der Waals surface area contributed by atoms with Crippen molar-refractivity contribution in [2.75, 3.05) is 5.32 Å². The number of phenols is 15. The molecule has 0 radical (unpaired) electrons. The van der Waals surface area contributed by atoms with E-state index in [9.17, 15) is 76.6 Å². The first-order valence-corrected chi connectivity index (χ1v) is 10.6. The number of anilines is 2. The van der Waals surface area contributed by atoms with Crippen molar-refractivity contribution in [1.29, 1.82) is 0 Å². The first-order chi connectivity index (χ1) is 18.6. The van der Waals surface area contributed by atoms with Crippen LogP contribution in [0.3, 0.4) is 0 Å². The van der Waals surface area contributed by atoms with Crippen LogP contribution in [0.2, 0.25) is 0 Å². The zero-order chi connectivity index (χ0) is 30.0. The van der Waals surface area contributed by atoms with Crippen LogP contribution in [0, 0.1) is 0 Å². The lowest BCUT2D eigenvalue weighted by Crippen LogP contribution is -1.95. The zero-order valence-corrected chi connectivity index (χ0v) is 19.4. The van der Waals surface area contributed by atoms with Gasteiger partial charge in [-0.25, -0.2) is 0 Å². The first-order valence-electron chi connectivity index (χ1n) is 10.6. The highest BCUT2D eigenvalue weighted by atomic mass is 16.4. The van der Waals surface area contributed by atoms with Gasteiger partial charge in [0.2, 0.25) is 51.7 Å². The summed E-state index contributed by atoms with van der Waals surface area (Å²) in [5, 5.41) is 153. The number of nitrogens with one attached hydrogen (secondary N) is 1. The number of aromatic hydroxyl groups is 15. The Hall–Kier alpha value is -6.32. The van der Waals surface area contributed by atoms with Gasteiger partial charge in [0.15, 0.2) is 34.5 Å². The summed E-state index contributed by atoms with van der Waals surface area (Å²) in [5.74, 6) is -18.8. The smallest absolute Gasteiger partial charge is 0.208 e. The fourth-order valence-electron chi connectivity index (χ4n) is 3.85. The second kappa shape index (κ2) is 8.91. The lowest BCUT2D eigenvalue weighted by Gasteiger charge is -2.19. The van der Waals surface area contributed by atoms with Crippen LogP contribution in [0.1, 0.15) is 0 Å². The van der Waals surface area contributed by atoms with Gasteiger partial charge >= 0.3 is 0 Å². The van der Waals surface area contributed by atoms with Gasteiger partial charge in [-0.1, -0.05) is 0 Å². The van der Waals surface area contributed by atoms with Gasteiger partial charge in [-0.2, -0.15) is 0 Å². The third kappa shape index (κ3) is 3.71. The highest BCUT2D eigenvalue weighted by Crippen LogP contribution is 2.59. The monoisotopic (exact) mass is 561 g/mol. The van der Waals surface area contributed by atoms with Crippen molar-refractivity contribution in [1.82, 2.24) is 0 Å². The maximum absolute atomic E-state index is 10.4. The number of benzene rings is 4. The second-order valence-corrected chi connectivity index (χ2v) is 8.28. The molecular weight excluding hydrogens is 542 g/mol. The van der Waals surface area contributed by atoms with Crippen LogP contribution in [0.15, 0.2) is 18.2 Å². The van der Waals surface area contributed by atoms with Gasteiger partial charge in [0.25, 0.3) is 0 Å². The van der Waals surface area contributed by atoms with E-state index in [1.807, 2.05) is 0 Å². The fourth-order valence-corrected chi connectivity index (χ4v) is 3.85. The van der Waals surface area contributed by atoms with Crippen molar-refractivity contribution in [2.45, 2.75) is 0 Å². The van der Waals surface area contributed by atoms with Gasteiger partial charge in [-0.3, -0.25) is 0 Å². The predicted molar refractivity (Wildman–Crippen MR) is 132 cm³/mol. The summed E-state index contributed by atoms with van der Waals surface area (Å²) in [6.45, 7) is 0. The summed E-state index contributed by atoms with van der Waals surface area (Å²) < 4.78 is 0. The Morgan fingerprint density at radius 3 is 0.850 bits per heavy atom. The number of rotatable bonds is 4. The highest BCUT2D eigenvalue weighted by molar-refractivity contribution is 5.93. The Balaban J connectivity index is 2.10. The molecule has 0 aliphatic carbocycles. The average molecular weight is 561 g/mol. The van der Waals surface area contributed by atoms with E-state index in [0.717, 1.165) is 18.2 Å². The first kappa shape index (κ1) is 26.7. The van der Waals surface area contributed by atoms with Crippen LogP contribution >= 0.6 is 0 Å². The molecule has 16 N–H and O–H groups in total. The minimum atomic E-state index is -1.30. The minimum absolute atomic E-state index is 0.376. The molecule has 0 saturated heterocycles. The summed E-state index contributed by atoms with van der Waals surface area (Å²) in [5.41, 5.74) is -3.65. The van der Waals surface area contributed by atoms with E-state index in [0.29, 0.717) is 0 Å². The molecule has 4 aromatic carbocycles. The normalized spacial score (nSPS) is 11.0. The van der Waals surface area contributed by atoms with E-state index < -0.39 is 114 Å². The third-order valence-corrected chi connectivity index (χ3v) is 5.89. The number of phenolic OH excluding ortho intramolecular Hbond substituents is 15. The van der Waals surface area contributed by atoms with Crippen LogP contribution in [0.25, 0.3) is 22.3 Å². The standard InChI is InChI=1S/C24H19NO15/c26-10-7(11(27)17(33)22(38)16(10)32)4-1-5(8-12(28)18(34)23(39)19(35)13(8)29)3-6(2-4)25-9-14(30)20(36)24(40)21(37)15(9)31/h1-3,25-40H. The molecule has 0 aliphatic rings. The van der Waals surface area contributed by atoms with E-state index in [-0.39, 0.29) is 5.69 Å². The molecule has 0 aliphatic heterocycles. The van der Waals surface area contributed by atoms with Gasteiger partial charge < -0.3 is 81.9 Å². The number of hydrogen-bond acceptors (Lipinski definition) is 16. The van der Waals surface area contributed by atoms with Gasteiger partial charge in [-0.15, -0.1) is 0 Å². The van der Waals surface area contributed by atoms with Crippen molar-refractivity contribution < 1.29 is 76.6 Å². The predicted octanol–water partition coefficient (Wildman–Crippen LogP) is 2.35. The van der Waals surface area contributed by atoms with Crippen molar-refractivity contribution in [3.05, 3.63) is 18.2 Å². The van der Waals surface area contributed by atoms with Gasteiger partial charge in [0, 0.05) is 5.69 Å². The van der Waals surface area contributed by atoms with Crippen molar-refractivity contribution in [3.63, 3.8) is 0 Å². The molecule has 4 rings (SSSR count). The van der Waals surface area contributed by atoms with Gasteiger partial charge in [0.1, 0.15) is 5.69 Å². The Kier molecular flexibility index (Phi) is 5.95. The number of hydrogen-bond donors (Lipinski definition) is 16. The van der Waals surface area contributed by atoms with Crippen LogP contribution in [-0.2, 0) is 0 Å². The van der Waals surface area contributed by atoms with E-state index in [1.165, 1.54) is 0 Å². The molecule has 0 spiro atoms. The zero-order valence-electron chi connectivity index (χ0n) is 19.4. The molecule has 4 aromatic rings. The summed E-state index contributed by atoms with van der Waals surface area (Å²) in [4.78, 5) is 0. The molecule has 0 heterocycles. The van der Waals surface area contributed by atoms with Gasteiger partial charge in [0.05, 0.1) is 11.1 Å². The average Bonchev–Trinajstić information content (AvgIpc) is 2.93. The summed E-state index contributed by atoms with van der Waals surface area (Å²) >= 11 is 0. The lowest BCUT2D eigenvalue weighted by molar-refractivity contribution is 0.330. The topological polar surface area (TPSA) is 315 Å². The van der Waals surface area contributed by atoms with E-state index >= 15 is 0 Å². The Morgan fingerprint density at radius 1 is 0.300 bits per heavy atom. The highest BCUT2D eigenvalue weighted by Gasteiger charge is 2.29. The van der Waals surface area contributed by atoms with Crippen molar-refractivity contribution >= 4 is 11.4 Å². The molecule has 16 heteroatoms. The second-order valence-electron chi connectivity index (χ2n) is 8.28. The molecule has 0 amide bonds. The van der Waals surface area contributed by atoms with E-state index in [1.54, 1.807) is 0 Å². The Morgan fingerprint density at radius 2 is 0.550 bits per heavy atom. The maximum atomic E-state index is 10.4. The molecule has 0 saturated carbocycles. The minimum Gasteiger partial charge on any atom is -0.504 e. The molecule has 210 valence electrons. The Bertz CT molecular complexity index is 1560. The van der Waals surface area contributed by atoms with Crippen molar-refractivity contribution in [2.24, 2.45) is 0 Å². The molecule has 0 unspecified atom stereocenters. The quantitative estimate of drug-likeness (QED) is 0.125. The van der Waals surface area contributed by atoms with Crippen LogP contribution < -0.4 is 5.32 Å². The summed E-state index contributed by atoms with van der Waals surface area (Å²) in [7, 11) is 0.